The smallest absolute Gasteiger partial charge is 0.321 e. The third kappa shape index (κ3) is 5.19. The second-order valence-electron chi connectivity index (χ2n) is 4.91. The first-order chi connectivity index (χ1) is 9.58. The summed E-state index contributed by atoms with van der Waals surface area (Å²) >= 11 is 0. The maximum atomic E-state index is 12.1. The van der Waals surface area contributed by atoms with Gasteiger partial charge in [-0.2, -0.15) is 0 Å². The van der Waals surface area contributed by atoms with E-state index in [0.29, 0.717) is 25.6 Å². The first-order valence-corrected chi connectivity index (χ1v) is 6.84. The molecule has 0 aliphatic rings. The number of rotatable bonds is 7. The van der Waals surface area contributed by atoms with E-state index in [-0.39, 0.29) is 12.6 Å². The molecule has 2 N–H and O–H groups in total. The lowest BCUT2D eigenvalue weighted by Crippen LogP contribution is -2.39. The molecule has 0 aliphatic heterocycles. The Kier molecular flexibility index (Phi) is 7.04. The molecule has 20 heavy (non-hydrogen) atoms. The maximum absolute atomic E-state index is 12.1. The molecule has 5 nitrogen and oxygen atoms in total. The molecule has 1 rings (SSSR count). The van der Waals surface area contributed by atoms with E-state index in [1.165, 1.54) is 10.5 Å². The molecule has 0 saturated heterocycles. The molecule has 0 unspecified atom stereocenters. The summed E-state index contributed by atoms with van der Waals surface area (Å²) in [4.78, 5) is 13.6. The summed E-state index contributed by atoms with van der Waals surface area (Å²) in [5.41, 5.74) is 1.98. The van der Waals surface area contributed by atoms with Crippen molar-refractivity contribution in [1.29, 1.82) is 0 Å². The zero-order valence-electron chi connectivity index (χ0n) is 12.4. The highest BCUT2D eigenvalue weighted by molar-refractivity contribution is 5.89. The monoisotopic (exact) mass is 280 g/mol. The van der Waals surface area contributed by atoms with Crippen LogP contribution in [0.5, 0.6) is 0 Å². The van der Waals surface area contributed by atoms with Gasteiger partial charge in [0.05, 0.1) is 13.2 Å². The number of amides is 2. The van der Waals surface area contributed by atoms with Crippen LogP contribution in [0.3, 0.4) is 0 Å². The van der Waals surface area contributed by atoms with Crippen LogP contribution in [0.1, 0.15) is 25.3 Å². The molecular weight excluding hydrogens is 256 g/mol. The van der Waals surface area contributed by atoms with Gasteiger partial charge in [0.1, 0.15) is 0 Å². The second kappa shape index (κ2) is 8.55. The van der Waals surface area contributed by atoms with Gasteiger partial charge in [0.2, 0.25) is 0 Å². The molecule has 0 radical (unpaired) electrons. The van der Waals surface area contributed by atoms with Crippen LogP contribution in [0.2, 0.25) is 0 Å². The predicted molar refractivity (Wildman–Crippen MR) is 80.1 cm³/mol. The molecule has 0 fully saturated rings. The number of benzene rings is 1. The van der Waals surface area contributed by atoms with Gasteiger partial charge in [-0.25, -0.2) is 4.79 Å². The van der Waals surface area contributed by atoms with E-state index in [1.54, 1.807) is 7.11 Å². The summed E-state index contributed by atoms with van der Waals surface area (Å²) in [6.45, 7) is 5.37. The predicted octanol–water partition coefficient (Wildman–Crippen LogP) is 2.28. The van der Waals surface area contributed by atoms with Crippen molar-refractivity contribution in [2.75, 3.05) is 38.7 Å². The number of methoxy groups -OCH3 is 1. The Labute approximate surface area is 120 Å². The minimum Gasteiger partial charge on any atom is -0.395 e. The fourth-order valence-electron chi connectivity index (χ4n) is 1.79. The summed E-state index contributed by atoms with van der Waals surface area (Å²) in [5.74, 6) is 0.465. The Morgan fingerprint density at radius 2 is 1.95 bits per heavy atom. The molecule has 0 spiro atoms. The topological polar surface area (TPSA) is 61.8 Å². The summed E-state index contributed by atoms with van der Waals surface area (Å²) in [6, 6.07) is 7.56. The van der Waals surface area contributed by atoms with Gasteiger partial charge in [0, 0.05) is 25.9 Å². The van der Waals surface area contributed by atoms with Gasteiger partial charge < -0.3 is 20.1 Å². The number of carbonyl (C=O) groups is 1. The average molecular weight is 280 g/mol. The molecule has 0 saturated carbocycles. The first kappa shape index (κ1) is 16.5. The Balaban J connectivity index is 2.62. The summed E-state index contributed by atoms with van der Waals surface area (Å²) in [7, 11) is 1.58. The molecule has 2 amide bonds. The third-order valence-corrected chi connectivity index (χ3v) is 3.05. The van der Waals surface area contributed by atoms with Gasteiger partial charge in [-0.3, -0.25) is 0 Å². The first-order valence-electron chi connectivity index (χ1n) is 6.84. The van der Waals surface area contributed by atoms with E-state index in [9.17, 15) is 4.79 Å². The van der Waals surface area contributed by atoms with Crippen molar-refractivity contribution >= 4 is 11.7 Å². The minimum atomic E-state index is -0.228. The largest absolute Gasteiger partial charge is 0.395 e. The van der Waals surface area contributed by atoms with Gasteiger partial charge in [-0.05, 0) is 23.6 Å². The number of aliphatic hydroxyl groups excluding tert-OH is 1. The molecule has 112 valence electrons. The van der Waals surface area contributed by atoms with Crippen LogP contribution in [0, 0.1) is 0 Å². The van der Waals surface area contributed by atoms with Gasteiger partial charge in [-0.15, -0.1) is 0 Å². The van der Waals surface area contributed by atoms with Gasteiger partial charge in [0.15, 0.2) is 0 Å². The molecule has 0 atom stereocenters. The van der Waals surface area contributed by atoms with Crippen LogP contribution < -0.4 is 5.32 Å². The fraction of sp³-hybridized carbons (Fsp3) is 0.533. The standard InChI is InChI=1S/C15H24N2O3/c1-12(2)13-4-6-14(7-5-13)16-15(19)17(8-10-18)9-11-20-3/h4-7,12,18H,8-11H2,1-3H3,(H,16,19). The lowest BCUT2D eigenvalue weighted by molar-refractivity contribution is 0.142. The molecule has 1 aromatic carbocycles. The number of urea groups is 1. The van der Waals surface area contributed by atoms with Gasteiger partial charge in [0.25, 0.3) is 0 Å². The van der Waals surface area contributed by atoms with E-state index in [0.717, 1.165) is 5.69 Å². The number of nitrogens with one attached hydrogen (secondary N) is 1. The second-order valence-corrected chi connectivity index (χ2v) is 4.91. The molecule has 5 heteroatoms. The lowest BCUT2D eigenvalue weighted by Gasteiger charge is -2.22. The zero-order chi connectivity index (χ0) is 15.0. The van der Waals surface area contributed by atoms with Crippen LogP contribution in [0.25, 0.3) is 0 Å². The average Bonchev–Trinajstić information content (AvgIpc) is 2.43. The van der Waals surface area contributed by atoms with E-state index < -0.39 is 0 Å². The summed E-state index contributed by atoms with van der Waals surface area (Å²) in [5, 5.41) is 11.8. The van der Waals surface area contributed by atoms with Crippen molar-refractivity contribution in [3.8, 4) is 0 Å². The number of aliphatic hydroxyl groups is 1. The number of anilines is 1. The molecule has 0 bridgehead atoms. The highest BCUT2D eigenvalue weighted by Crippen LogP contribution is 2.17. The quantitative estimate of drug-likeness (QED) is 0.805. The Bertz CT molecular complexity index is 404. The number of hydrogen-bond donors (Lipinski definition) is 2. The number of hydrogen-bond acceptors (Lipinski definition) is 3. The van der Waals surface area contributed by atoms with Crippen molar-refractivity contribution in [3.63, 3.8) is 0 Å². The van der Waals surface area contributed by atoms with Crippen molar-refractivity contribution in [3.05, 3.63) is 29.8 Å². The number of ether oxygens (including phenoxy) is 1. The third-order valence-electron chi connectivity index (χ3n) is 3.05. The molecule has 0 aromatic heterocycles. The van der Waals surface area contributed by atoms with Crippen molar-refractivity contribution < 1.29 is 14.6 Å². The molecule has 1 aromatic rings. The Morgan fingerprint density at radius 3 is 2.45 bits per heavy atom. The number of carbonyl (C=O) groups excluding carboxylic acids is 1. The Morgan fingerprint density at radius 1 is 1.30 bits per heavy atom. The van der Waals surface area contributed by atoms with Gasteiger partial charge >= 0.3 is 6.03 Å². The molecule has 0 heterocycles. The zero-order valence-corrected chi connectivity index (χ0v) is 12.4. The summed E-state index contributed by atoms with van der Waals surface area (Å²) < 4.78 is 4.96. The fourth-order valence-corrected chi connectivity index (χ4v) is 1.79. The summed E-state index contributed by atoms with van der Waals surface area (Å²) in [6.07, 6.45) is 0. The van der Waals surface area contributed by atoms with Crippen molar-refractivity contribution in [2.45, 2.75) is 19.8 Å². The van der Waals surface area contributed by atoms with E-state index in [4.69, 9.17) is 9.84 Å². The lowest BCUT2D eigenvalue weighted by atomic mass is 10.0. The van der Waals surface area contributed by atoms with Crippen molar-refractivity contribution in [2.24, 2.45) is 0 Å². The minimum absolute atomic E-state index is 0.0661. The highest BCUT2D eigenvalue weighted by Gasteiger charge is 2.12. The SMILES string of the molecule is COCCN(CCO)C(=O)Nc1ccc(C(C)C)cc1. The molecule has 0 aliphatic carbocycles. The normalized spacial score (nSPS) is 10.7. The van der Waals surface area contributed by atoms with Crippen LogP contribution >= 0.6 is 0 Å². The van der Waals surface area contributed by atoms with E-state index >= 15 is 0 Å². The van der Waals surface area contributed by atoms with Crippen molar-refractivity contribution in [1.82, 2.24) is 4.90 Å². The van der Waals surface area contributed by atoms with Crippen LogP contribution in [0.15, 0.2) is 24.3 Å². The molecular formula is C15H24N2O3. The van der Waals surface area contributed by atoms with Crippen LogP contribution in [-0.2, 0) is 4.74 Å². The van der Waals surface area contributed by atoms with Crippen LogP contribution in [0.4, 0.5) is 10.5 Å². The van der Waals surface area contributed by atoms with E-state index in [2.05, 4.69) is 19.2 Å². The van der Waals surface area contributed by atoms with E-state index in [1.807, 2.05) is 24.3 Å². The van der Waals surface area contributed by atoms with Gasteiger partial charge in [-0.1, -0.05) is 26.0 Å². The highest BCUT2D eigenvalue weighted by atomic mass is 16.5. The Hall–Kier alpha value is -1.59. The maximum Gasteiger partial charge on any atom is 0.321 e. The number of nitrogens with zero attached hydrogens (tertiary/aromatic N) is 1. The van der Waals surface area contributed by atoms with Crippen LogP contribution in [-0.4, -0.2) is 49.5 Å².